The second-order valence-corrected chi connectivity index (χ2v) is 15.1. The molecule has 304 valence electrons. The Labute approximate surface area is 340 Å². The van der Waals surface area contributed by atoms with Crippen molar-refractivity contribution in [1.29, 1.82) is 0 Å². The van der Waals surface area contributed by atoms with E-state index in [2.05, 4.69) is 20.5 Å². The number of furan rings is 1. The number of ether oxygens (including phenoxy) is 3. The predicted molar refractivity (Wildman–Crippen MR) is 219 cm³/mol. The number of nitrogens with zero attached hydrogens (tertiary/aromatic N) is 1. The first-order valence-corrected chi connectivity index (χ1v) is 19.8. The number of aliphatic hydroxyl groups is 1. The zero-order valence-corrected chi connectivity index (χ0v) is 32.3. The van der Waals surface area contributed by atoms with Gasteiger partial charge in [0.25, 0.3) is 0 Å². The molecule has 3 aliphatic heterocycles. The molecule has 0 aliphatic carbocycles. The van der Waals surface area contributed by atoms with Crippen molar-refractivity contribution in [3.63, 3.8) is 0 Å². The van der Waals surface area contributed by atoms with E-state index in [4.69, 9.17) is 18.6 Å². The first kappa shape index (κ1) is 39.4. The molecule has 0 spiro atoms. The number of carbonyl (C=O) groups is 2. The van der Waals surface area contributed by atoms with Crippen LogP contribution in [0.3, 0.4) is 0 Å². The van der Waals surface area contributed by atoms with Gasteiger partial charge in [-0.1, -0.05) is 60.7 Å². The number of fused-ring (bicyclic) bond motifs is 4. The van der Waals surface area contributed by atoms with Crippen molar-refractivity contribution in [2.75, 3.05) is 26.2 Å². The van der Waals surface area contributed by atoms with Crippen LogP contribution < -0.4 is 20.9 Å². The second kappa shape index (κ2) is 18.0. The first-order chi connectivity index (χ1) is 28.8. The fraction of sp³-hybridized carbons (Fsp3) is 0.283. The fourth-order valence-electron chi connectivity index (χ4n) is 7.85. The van der Waals surface area contributed by atoms with E-state index in [1.54, 1.807) is 36.6 Å². The molecule has 4 aromatic carbocycles. The van der Waals surface area contributed by atoms with E-state index in [1.165, 1.54) is 12.1 Å². The number of phenols is 1. The number of alkyl carbamates (subject to hydrolysis) is 1. The van der Waals surface area contributed by atoms with Crippen molar-refractivity contribution in [2.45, 2.75) is 50.8 Å². The highest BCUT2D eigenvalue weighted by Gasteiger charge is 2.37. The molecule has 0 unspecified atom stereocenters. The maximum Gasteiger partial charge on any atom is 0.408 e. The predicted octanol–water partition coefficient (Wildman–Crippen LogP) is 6.50. The molecule has 13 heteroatoms. The molecule has 3 atom stereocenters. The minimum absolute atomic E-state index is 0.0589. The number of H-pyrrole nitrogens is 1. The third-order valence-corrected chi connectivity index (χ3v) is 11.0. The van der Waals surface area contributed by atoms with Gasteiger partial charge in [-0.05, 0) is 96.6 Å². The average Bonchev–Trinajstić information content (AvgIpc) is 3.72. The highest BCUT2D eigenvalue weighted by Crippen LogP contribution is 2.31. The molecule has 1 amide bonds. The molecule has 3 aliphatic rings. The third kappa shape index (κ3) is 9.66. The molecule has 2 bridgehead atoms. The van der Waals surface area contributed by atoms with Crippen LogP contribution in [0.1, 0.15) is 68.9 Å². The lowest BCUT2D eigenvalue weighted by molar-refractivity contribution is -0.0336. The summed E-state index contributed by atoms with van der Waals surface area (Å²) in [5, 5.41) is 27.8. The molecule has 3 saturated heterocycles. The van der Waals surface area contributed by atoms with Crippen molar-refractivity contribution in [2.24, 2.45) is 5.92 Å². The van der Waals surface area contributed by atoms with Gasteiger partial charge in [-0.15, -0.1) is 0 Å². The van der Waals surface area contributed by atoms with Gasteiger partial charge < -0.3 is 44.5 Å². The largest absolute Gasteiger partial charge is 0.506 e. The van der Waals surface area contributed by atoms with Gasteiger partial charge in [0.15, 0.2) is 0 Å². The van der Waals surface area contributed by atoms with E-state index < -0.39 is 24.2 Å². The maximum absolute atomic E-state index is 13.2. The number of pyridine rings is 1. The number of amides is 1. The lowest BCUT2D eigenvalue weighted by Gasteiger charge is -2.43. The van der Waals surface area contributed by atoms with Crippen LogP contribution in [0.25, 0.3) is 10.9 Å². The number of aromatic amines is 1. The van der Waals surface area contributed by atoms with Crippen LogP contribution in [0.4, 0.5) is 4.79 Å². The number of phenolic OH excluding ortho intramolecular Hbond substituents is 1. The van der Waals surface area contributed by atoms with Gasteiger partial charge in [-0.2, -0.15) is 0 Å². The number of rotatable bonds is 15. The number of piperidine rings is 3. The van der Waals surface area contributed by atoms with Crippen LogP contribution in [0.2, 0.25) is 0 Å². The fourth-order valence-corrected chi connectivity index (χ4v) is 7.85. The van der Waals surface area contributed by atoms with E-state index in [0.29, 0.717) is 40.5 Å². The summed E-state index contributed by atoms with van der Waals surface area (Å²) in [4.78, 5) is 42.7. The summed E-state index contributed by atoms with van der Waals surface area (Å²) in [7, 11) is 0. The molecule has 0 radical (unpaired) electrons. The van der Waals surface area contributed by atoms with Crippen molar-refractivity contribution >= 4 is 23.0 Å². The Morgan fingerprint density at radius 2 is 1.68 bits per heavy atom. The molecule has 0 saturated carbocycles. The molecule has 3 fully saturated rings. The summed E-state index contributed by atoms with van der Waals surface area (Å²) >= 11 is 0. The van der Waals surface area contributed by atoms with Gasteiger partial charge in [0, 0.05) is 36.7 Å². The molecular formula is C46H46N4O9. The van der Waals surface area contributed by atoms with Crippen LogP contribution in [0, 0.1) is 5.92 Å². The Hall–Kier alpha value is -6.41. The Balaban J connectivity index is 0.806. The molecule has 13 nitrogen and oxygen atoms in total. The third-order valence-electron chi connectivity index (χ3n) is 11.0. The van der Waals surface area contributed by atoms with Gasteiger partial charge in [0.05, 0.1) is 29.5 Å². The van der Waals surface area contributed by atoms with E-state index in [0.717, 1.165) is 54.7 Å². The van der Waals surface area contributed by atoms with Crippen LogP contribution in [0.15, 0.2) is 125 Å². The topological polar surface area (TPSA) is 176 Å². The molecule has 6 aromatic rings. The van der Waals surface area contributed by atoms with Gasteiger partial charge in [-0.25, -0.2) is 9.59 Å². The number of nitrogens with one attached hydrogen (secondary N) is 3. The Morgan fingerprint density at radius 1 is 0.881 bits per heavy atom. The van der Waals surface area contributed by atoms with E-state index in [-0.39, 0.29) is 42.7 Å². The average molecular weight is 799 g/mol. The standard InChI is InChI=1S/C46H46N4O9/c51-39-15-13-37(38-14-16-42(53)48-44(38)39)40(52)24-47-23-30-21-36(57-27-30)28-58-45(54)33-11-9-29(10-12-33)26-56-35-8-4-7-34(22-35)43(32-5-2-1-3-6-32)49-46(55)59-41-25-50-19-17-31(41)18-20-50/h1-16,21-22,27,31,40-41,43,47,51-52H,17-20,23-26,28H2,(H,48,53)(H,49,55)/t40-,41-,43-/m0/s1. The second-order valence-electron chi connectivity index (χ2n) is 15.1. The molecule has 59 heavy (non-hydrogen) atoms. The highest BCUT2D eigenvalue weighted by atomic mass is 16.6. The summed E-state index contributed by atoms with van der Waals surface area (Å²) in [6.07, 6.45) is 2.25. The van der Waals surface area contributed by atoms with E-state index in [1.807, 2.05) is 66.7 Å². The highest BCUT2D eigenvalue weighted by molar-refractivity contribution is 5.89. The minimum atomic E-state index is -0.904. The zero-order chi connectivity index (χ0) is 40.7. The number of hydrogen-bond acceptors (Lipinski definition) is 11. The molecule has 2 aromatic heterocycles. The van der Waals surface area contributed by atoms with Crippen LogP contribution in [-0.4, -0.2) is 64.4 Å². The monoisotopic (exact) mass is 798 g/mol. The van der Waals surface area contributed by atoms with Crippen LogP contribution in [-0.2, 0) is 29.2 Å². The minimum Gasteiger partial charge on any atom is -0.506 e. The van der Waals surface area contributed by atoms with Gasteiger partial charge in [0.1, 0.15) is 36.6 Å². The summed E-state index contributed by atoms with van der Waals surface area (Å²) in [6.45, 7) is 3.72. The molecular weight excluding hydrogens is 753 g/mol. The normalized spacial score (nSPS) is 18.2. The lowest BCUT2D eigenvalue weighted by atomic mass is 9.86. The summed E-state index contributed by atoms with van der Waals surface area (Å²) in [5.74, 6) is 0.936. The van der Waals surface area contributed by atoms with Gasteiger partial charge in [-0.3, -0.25) is 9.69 Å². The number of benzene rings is 4. The van der Waals surface area contributed by atoms with Crippen molar-refractivity contribution < 1.29 is 38.4 Å². The quantitative estimate of drug-likeness (QED) is 0.0718. The Morgan fingerprint density at radius 3 is 2.46 bits per heavy atom. The lowest BCUT2D eigenvalue weighted by Crippen LogP contribution is -2.52. The SMILES string of the molecule is O=C(N[C@@H](c1ccccc1)c1cccc(OCc2ccc(C(=O)OCc3cc(CNC[C@H](O)c4ccc(O)c5[nH]c(=O)ccc45)co3)cc2)c1)O[C@H]1CN2CCC1CC2. The number of aromatic nitrogens is 1. The van der Waals surface area contributed by atoms with Crippen LogP contribution >= 0.6 is 0 Å². The zero-order valence-electron chi connectivity index (χ0n) is 32.3. The summed E-state index contributed by atoms with van der Waals surface area (Å²) in [5.41, 5.74) is 4.31. The van der Waals surface area contributed by atoms with Gasteiger partial charge >= 0.3 is 12.1 Å². The van der Waals surface area contributed by atoms with E-state index in [9.17, 15) is 24.6 Å². The number of hydrogen-bond donors (Lipinski definition) is 5. The number of carbonyl (C=O) groups excluding carboxylic acids is 2. The van der Waals surface area contributed by atoms with Crippen molar-refractivity contribution in [1.82, 2.24) is 20.5 Å². The number of aromatic hydroxyl groups is 1. The van der Waals surface area contributed by atoms with Gasteiger partial charge in [0.2, 0.25) is 5.56 Å². The molecule has 9 rings (SSSR count). The summed E-state index contributed by atoms with van der Waals surface area (Å²) < 4.78 is 23.2. The van der Waals surface area contributed by atoms with Crippen LogP contribution in [0.5, 0.6) is 11.5 Å². The first-order valence-electron chi connectivity index (χ1n) is 19.8. The van der Waals surface area contributed by atoms with E-state index >= 15 is 0 Å². The van der Waals surface area contributed by atoms with Crippen molar-refractivity contribution in [3.05, 3.63) is 165 Å². The van der Waals surface area contributed by atoms with Crippen molar-refractivity contribution in [3.8, 4) is 11.5 Å². The molecule has 5 N–H and O–H groups in total. The number of esters is 1. The maximum atomic E-state index is 13.2. The Bertz CT molecular complexity index is 2440. The Kier molecular flexibility index (Phi) is 12.0. The molecule has 5 heterocycles. The number of aliphatic hydroxyl groups excluding tert-OH is 1. The smallest absolute Gasteiger partial charge is 0.408 e. The summed E-state index contributed by atoms with van der Waals surface area (Å²) in [6, 6.07) is 31.7.